The first-order valence-corrected chi connectivity index (χ1v) is 8.73. The minimum Gasteiger partial charge on any atom is -0.493 e. The van der Waals surface area contributed by atoms with Crippen LogP contribution >= 0.6 is 0 Å². The normalized spacial score (nSPS) is 12.9. The van der Waals surface area contributed by atoms with Gasteiger partial charge in [0, 0.05) is 32.7 Å². The molecule has 0 saturated carbocycles. The van der Waals surface area contributed by atoms with Crippen LogP contribution in [0.5, 0.6) is 11.5 Å². The minimum absolute atomic E-state index is 0.127. The third-order valence-electron chi connectivity index (χ3n) is 4.40. The maximum Gasteiger partial charge on any atom is 0.251 e. The second-order valence-electron chi connectivity index (χ2n) is 6.01. The van der Waals surface area contributed by atoms with Crippen molar-refractivity contribution in [1.82, 2.24) is 5.32 Å². The van der Waals surface area contributed by atoms with Gasteiger partial charge in [-0.2, -0.15) is 0 Å². The molecule has 2 aromatic carbocycles. The molecule has 2 atom stereocenters. The molecule has 0 aromatic heterocycles. The van der Waals surface area contributed by atoms with Crippen LogP contribution in [0.15, 0.2) is 48.5 Å². The van der Waals surface area contributed by atoms with E-state index in [0.717, 1.165) is 5.56 Å². The highest BCUT2D eigenvalue weighted by molar-refractivity contribution is 5.94. The second kappa shape index (κ2) is 10.5. The zero-order valence-corrected chi connectivity index (χ0v) is 16.2. The Kier molecular flexibility index (Phi) is 8.10. The van der Waals surface area contributed by atoms with E-state index >= 15 is 0 Å². The van der Waals surface area contributed by atoms with Crippen molar-refractivity contribution < 1.29 is 23.7 Å². The monoisotopic (exact) mass is 373 g/mol. The van der Waals surface area contributed by atoms with Gasteiger partial charge in [0.15, 0.2) is 11.5 Å². The molecule has 146 valence electrons. The Morgan fingerprint density at radius 3 is 2.22 bits per heavy atom. The lowest BCUT2D eigenvalue weighted by molar-refractivity contribution is 0.0217. The summed E-state index contributed by atoms with van der Waals surface area (Å²) in [4.78, 5) is 12.2. The van der Waals surface area contributed by atoms with Gasteiger partial charge in [-0.05, 0) is 29.8 Å². The zero-order valence-electron chi connectivity index (χ0n) is 16.2. The van der Waals surface area contributed by atoms with E-state index in [-0.39, 0.29) is 18.1 Å². The van der Waals surface area contributed by atoms with Gasteiger partial charge in [0.25, 0.3) is 5.91 Å². The van der Waals surface area contributed by atoms with Crippen LogP contribution < -0.4 is 14.8 Å². The van der Waals surface area contributed by atoms with Gasteiger partial charge in [-0.1, -0.05) is 24.3 Å². The van der Waals surface area contributed by atoms with E-state index < -0.39 is 0 Å². The molecule has 2 rings (SSSR count). The highest BCUT2D eigenvalue weighted by Crippen LogP contribution is 2.32. The SMILES string of the molecule is COc1ccc(C(CC(CNC(=O)c2ccccc2)OC)OC)cc1OC. The van der Waals surface area contributed by atoms with Gasteiger partial charge in [0.1, 0.15) is 0 Å². The van der Waals surface area contributed by atoms with E-state index in [2.05, 4.69) is 5.32 Å². The zero-order chi connectivity index (χ0) is 19.6. The molecule has 0 aliphatic rings. The number of ether oxygens (including phenoxy) is 4. The number of rotatable bonds is 10. The first-order valence-electron chi connectivity index (χ1n) is 8.73. The predicted octanol–water partition coefficient (Wildman–Crippen LogP) is 3.23. The van der Waals surface area contributed by atoms with Crippen LogP contribution in [-0.2, 0) is 9.47 Å². The Bertz CT molecular complexity index is 720. The van der Waals surface area contributed by atoms with Gasteiger partial charge >= 0.3 is 0 Å². The van der Waals surface area contributed by atoms with Crippen LogP contribution in [0, 0.1) is 0 Å². The van der Waals surface area contributed by atoms with Crippen molar-refractivity contribution in [2.45, 2.75) is 18.6 Å². The Labute approximate surface area is 160 Å². The summed E-state index contributed by atoms with van der Waals surface area (Å²) >= 11 is 0. The molecule has 0 saturated heterocycles. The number of methoxy groups -OCH3 is 4. The van der Waals surface area contributed by atoms with Crippen LogP contribution in [0.2, 0.25) is 0 Å². The van der Waals surface area contributed by atoms with Crippen molar-refractivity contribution >= 4 is 5.91 Å². The number of benzene rings is 2. The quantitative estimate of drug-likeness (QED) is 0.693. The van der Waals surface area contributed by atoms with Crippen LogP contribution in [-0.4, -0.2) is 47.0 Å². The van der Waals surface area contributed by atoms with Crippen LogP contribution in [0.1, 0.15) is 28.4 Å². The summed E-state index contributed by atoms with van der Waals surface area (Å²) in [7, 11) is 6.47. The molecule has 0 fully saturated rings. The number of nitrogens with one attached hydrogen (secondary N) is 1. The molecular formula is C21H27NO5. The molecule has 0 radical (unpaired) electrons. The molecular weight excluding hydrogens is 346 g/mol. The molecule has 2 aromatic rings. The number of hydrogen-bond acceptors (Lipinski definition) is 5. The van der Waals surface area contributed by atoms with E-state index in [0.29, 0.717) is 30.0 Å². The highest BCUT2D eigenvalue weighted by atomic mass is 16.5. The fourth-order valence-corrected chi connectivity index (χ4v) is 2.82. The molecule has 6 heteroatoms. The van der Waals surface area contributed by atoms with Crippen LogP contribution in [0.3, 0.4) is 0 Å². The molecule has 0 heterocycles. The Balaban J connectivity index is 2.01. The average molecular weight is 373 g/mol. The number of hydrogen-bond donors (Lipinski definition) is 1. The molecule has 0 bridgehead atoms. The van der Waals surface area contributed by atoms with Crippen LogP contribution in [0.4, 0.5) is 0 Å². The van der Waals surface area contributed by atoms with E-state index in [9.17, 15) is 4.79 Å². The fraction of sp³-hybridized carbons (Fsp3) is 0.381. The minimum atomic E-state index is -0.205. The smallest absolute Gasteiger partial charge is 0.251 e. The largest absolute Gasteiger partial charge is 0.493 e. The van der Waals surface area contributed by atoms with Gasteiger partial charge in [-0.15, -0.1) is 0 Å². The lowest BCUT2D eigenvalue weighted by Crippen LogP contribution is -2.34. The first-order chi connectivity index (χ1) is 13.1. The maximum absolute atomic E-state index is 12.2. The van der Waals surface area contributed by atoms with Gasteiger partial charge in [-0.3, -0.25) is 4.79 Å². The standard InChI is InChI=1S/C21H27NO5/c1-24-17(14-22-21(23)15-8-6-5-7-9-15)13-19(26-3)16-10-11-18(25-2)20(12-16)27-4/h5-12,17,19H,13-14H2,1-4H3,(H,22,23). The van der Waals surface area contributed by atoms with Gasteiger partial charge < -0.3 is 24.3 Å². The molecule has 6 nitrogen and oxygen atoms in total. The lowest BCUT2D eigenvalue weighted by Gasteiger charge is -2.23. The van der Waals surface area contributed by atoms with Crippen molar-refractivity contribution in [3.63, 3.8) is 0 Å². The van der Waals surface area contributed by atoms with Crippen molar-refractivity contribution in [3.8, 4) is 11.5 Å². The van der Waals surface area contributed by atoms with Crippen molar-refractivity contribution in [3.05, 3.63) is 59.7 Å². The van der Waals surface area contributed by atoms with Gasteiger partial charge in [0.2, 0.25) is 0 Å². The summed E-state index contributed by atoms with van der Waals surface area (Å²) in [5, 5.41) is 2.91. The van der Waals surface area contributed by atoms with E-state index in [1.807, 2.05) is 36.4 Å². The maximum atomic E-state index is 12.2. The molecule has 1 N–H and O–H groups in total. The number of amides is 1. The third kappa shape index (κ3) is 5.70. The Morgan fingerprint density at radius 2 is 1.63 bits per heavy atom. The molecule has 2 unspecified atom stereocenters. The second-order valence-corrected chi connectivity index (χ2v) is 6.01. The lowest BCUT2D eigenvalue weighted by atomic mass is 10.0. The Morgan fingerprint density at radius 1 is 0.926 bits per heavy atom. The van der Waals surface area contributed by atoms with Crippen molar-refractivity contribution in [2.24, 2.45) is 0 Å². The number of carbonyl (C=O) groups is 1. The third-order valence-corrected chi connectivity index (χ3v) is 4.40. The van der Waals surface area contributed by atoms with Crippen LogP contribution in [0.25, 0.3) is 0 Å². The highest BCUT2D eigenvalue weighted by Gasteiger charge is 2.20. The van der Waals surface area contributed by atoms with E-state index in [1.54, 1.807) is 40.6 Å². The summed E-state index contributed by atoms with van der Waals surface area (Å²) in [6.45, 7) is 0.386. The van der Waals surface area contributed by atoms with Crippen molar-refractivity contribution in [1.29, 1.82) is 0 Å². The van der Waals surface area contributed by atoms with Crippen molar-refractivity contribution in [2.75, 3.05) is 35.0 Å². The average Bonchev–Trinajstić information content (AvgIpc) is 2.73. The summed E-state index contributed by atoms with van der Waals surface area (Å²) < 4.78 is 21.8. The molecule has 1 amide bonds. The van der Waals surface area contributed by atoms with E-state index in [4.69, 9.17) is 18.9 Å². The molecule has 27 heavy (non-hydrogen) atoms. The van der Waals surface area contributed by atoms with E-state index in [1.165, 1.54) is 0 Å². The van der Waals surface area contributed by atoms with Gasteiger partial charge in [0.05, 0.1) is 26.4 Å². The Hall–Kier alpha value is -2.57. The fourth-order valence-electron chi connectivity index (χ4n) is 2.82. The predicted molar refractivity (Wildman–Crippen MR) is 103 cm³/mol. The molecule has 0 aliphatic carbocycles. The molecule has 0 aliphatic heterocycles. The topological polar surface area (TPSA) is 66.0 Å². The molecule has 0 spiro atoms. The summed E-state index contributed by atoms with van der Waals surface area (Å²) in [5.74, 6) is 1.18. The summed E-state index contributed by atoms with van der Waals surface area (Å²) in [6, 6.07) is 14.8. The summed E-state index contributed by atoms with van der Waals surface area (Å²) in [6.07, 6.45) is 0.177. The number of carbonyl (C=O) groups excluding carboxylic acids is 1. The van der Waals surface area contributed by atoms with Gasteiger partial charge in [-0.25, -0.2) is 0 Å². The first kappa shape index (κ1) is 20.7. The summed E-state index contributed by atoms with van der Waals surface area (Å²) in [5.41, 5.74) is 1.57.